The van der Waals surface area contributed by atoms with Crippen LogP contribution in [0.3, 0.4) is 0 Å². The molecule has 2 N–H and O–H groups in total. The number of halogens is 2. The van der Waals surface area contributed by atoms with Crippen molar-refractivity contribution < 1.29 is 4.79 Å². The highest BCUT2D eigenvalue weighted by atomic mass is 35.5. The number of amides is 1. The summed E-state index contributed by atoms with van der Waals surface area (Å²) in [6.07, 6.45) is 2.92. The van der Waals surface area contributed by atoms with Gasteiger partial charge in [-0.1, -0.05) is 12.1 Å². The molecule has 1 heterocycles. The molecule has 1 aromatic rings. The fourth-order valence-electron chi connectivity index (χ4n) is 2.85. The van der Waals surface area contributed by atoms with Gasteiger partial charge in [0, 0.05) is 37.8 Å². The molecule has 0 saturated carbocycles. The molecule has 6 heteroatoms. The molecule has 1 aromatic carbocycles. The molecule has 1 atom stereocenters. The zero-order chi connectivity index (χ0) is 15.1. The highest BCUT2D eigenvalue weighted by molar-refractivity contribution is 5.85. The number of carbonyl (C=O) groups is 1. The van der Waals surface area contributed by atoms with Crippen LogP contribution in [0.1, 0.15) is 31.7 Å². The molecule has 1 saturated heterocycles. The van der Waals surface area contributed by atoms with Gasteiger partial charge in [0.05, 0.1) is 0 Å². The highest BCUT2D eigenvalue weighted by Crippen LogP contribution is 2.15. The Hall–Kier alpha value is -0.970. The van der Waals surface area contributed by atoms with Gasteiger partial charge in [0.25, 0.3) is 0 Å². The van der Waals surface area contributed by atoms with E-state index in [2.05, 4.69) is 53.6 Å². The molecule has 1 amide bonds. The van der Waals surface area contributed by atoms with E-state index in [0.717, 1.165) is 26.1 Å². The minimum Gasteiger partial charge on any atom is -0.370 e. The van der Waals surface area contributed by atoms with E-state index in [9.17, 15) is 4.79 Å². The molecule has 0 spiro atoms. The predicted molar refractivity (Wildman–Crippen MR) is 102 cm³/mol. The van der Waals surface area contributed by atoms with Crippen LogP contribution in [0.25, 0.3) is 0 Å². The molecule has 23 heavy (non-hydrogen) atoms. The van der Waals surface area contributed by atoms with E-state index in [1.54, 1.807) is 0 Å². The first-order valence-corrected chi connectivity index (χ1v) is 8.00. The third-order valence-corrected chi connectivity index (χ3v) is 4.05. The molecule has 1 fully saturated rings. The fraction of sp³-hybridized carbons (Fsp3) is 0.588. The van der Waals surface area contributed by atoms with Gasteiger partial charge in [0.15, 0.2) is 0 Å². The van der Waals surface area contributed by atoms with Gasteiger partial charge in [0.1, 0.15) is 0 Å². The highest BCUT2D eigenvalue weighted by Gasteiger charge is 2.17. The topological polar surface area (TPSA) is 44.4 Å². The van der Waals surface area contributed by atoms with E-state index in [-0.39, 0.29) is 30.7 Å². The number of hydrogen-bond acceptors (Lipinski definition) is 3. The maximum Gasteiger partial charge on any atom is 0.221 e. The van der Waals surface area contributed by atoms with Crippen molar-refractivity contribution in [1.82, 2.24) is 10.6 Å². The molecule has 1 aliphatic rings. The fourth-order valence-corrected chi connectivity index (χ4v) is 2.85. The number of benzene rings is 1. The second-order valence-corrected chi connectivity index (χ2v) is 5.77. The zero-order valence-electron chi connectivity index (χ0n) is 14.0. The third-order valence-electron chi connectivity index (χ3n) is 4.05. The Balaban J connectivity index is 0.00000242. The Morgan fingerprint density at radius 2 is 2.17 bits per heavy atom. The summed E-state index contributed by atoms with van der Waals surface area (Å²) < 4.78 is 0. The average Bonchev–Trinajstić information content (AvgIpc) is 2.96. The molecule has 0 aromatic heterocycles. The summed E-state index contributed by atoms with van der Waals surface area (Å²) in [6.45, 7) is 7.80. The zero-order valence-corrected chi connectivity index (χ0v) is 15.6. The number of likely N-dealkylation sites (N-methyl/N-ethyl adjacent to an activating group) is 1. The lowest BCUT2D eigenvalue weighted by atomic mass is 10.1. The van der Waals surface area contributed by atoms with Gasteiger partial charge in [-0.25, -0.2) is 0 Å². The molecular weight excluding hydrogens is 333 g/mol. The van der Waals surface area contributed by atoms with Gasteiger partial charge in [-0.3, -0.25) is 4.79 Å². The maximum atomic E-state index is 11.9. The van der Waals surface area contributed by atoms with Crippen molar-refractivity contribution >= 4 is 36.4 Å². The summed E-state index contributed by atoms with van der Waals surface area (Å²) in [5, 5.41) is 6.40. The van der Waals surface area contributed by atoms with Crippen molar-refractivity contribution in [1.29, 1.82) is 0 Å². The molecule has 0 aliphatic carbocycles. The lowest BCUT2D eigenvalue weighted by molar-refractivity contribution is -0.121. The van der Waals surface area contributed by atoms with Gasteiger partial charge in [-0.2, -0.15) is 0 Å². The molecule has 1 aliphatic heterocycles. The number of carbonyl (C=O) groups excluding carboxylic acids is 1. The normalized spacial score (nSPS) is 16.2. The standard InChI is InChI=1S/C17H27N3O.2ClH/c1-3-20(16-8-4-6-14(2)12-16)11-10-19-17(21)13-15-7-5-9-18-15;;/h4,6,8,12,15,18H,3,5,7,9-11,13H2,1-2H3,(H,19,21);2*1H. The Morgan fingerprint density at radius 3 is 2.78 bits per heavy atom. The van der Waals surface area contributed by atoms with Gasteiger partial charge >= 0.3 is 0 Å². The second-order valence-electron chi connectivity index (χ2n) is 5.77. The first kappa shape index (κ1) is 22.0. The van der Waals surface area contributed by atoms with E-state index in [1.165, 1.54) is 17.7 Å². The SMILES string of the molecule is CCN(CCNC(=O)CC1CCCN1)c1cccc(C)c1.Cl.Cl. The Kier molecular flexibility index (Phi) is 11.1. The van der Waals surface area contributed by atoms with Crippen LogP contribution in [0.5, 0.6) is 0 Å². The molecule has 1 unspecified atom stereocenters. The minimum absolute atomic E-state index is 0. The van der Waals surface area contributed by atoms with E-state index in [1.807, 2.05) is 0 Å². The number of nitrogens with zero attached hydrogens (tertiary/aromatic N) is 1. The van der Waals surface area contributed by atoms with Crippen molar-refractivity contribution in [2.24, 2.45) is 0 Å². The molecular formula is C17H29Cl2N3O. The van der Waals surface area contributed by atoms with Gasteiger partial charge in [-0.05, 0) is 50.9 Å². The molecule has 2 rings (SSSR count). The number of hydrogen-bond donors (Lipinski definition) is 2. The summed E-state index contributed by atoms with van der Waals surface area (Å²) in [4.78, 5) is 14.2. The van der Waals surface area contributed by atoms with Gasteiger partial charge in [0.2, 0.25) is 5.91 Å². The van der Waals surface area contributed by atoms with Crippen LogP contribution in [-0.4, -0.2) is 38.1 Å². The van der Waals surface area contributed by atoms with Crippen LogP contribution >= 0.6 is 24.8 Å². The number of aryl methyl sites for hydroxylation is 1. The summed E-state index contributed by atoms with van der Waals surface area (Å²) >= 11 is 0. The summed E-state index contributed by atoms with van der Waals surface area (Å²) in [5.74, 6) is 0.162. The number of nitrogens with one attached hydrogen (secondary N) is 2. The summed E-state index contributed by atoms with van der Waals surface area (Å²) in [7, 11) is 0. The predicted octanol–water partition coefficient (Wildman–Crippen LogP) is 2.92. The Labute approximate surface area is 152 Å². The number of rotatable bonds is 7. The van der Waals surface area contributed by atoms with Crippen LogP contribution in [0.15, 0.2) is 24.3 Å². The first-order valence-electron chi connectivity index (χ1n) is 8.00. The van der Waals surface area contributed by atoms with Gasteiger partial charge in [-0.15, -0.1) is 24.8 Å². The monoisotopic (exact) mass is 361 g/mol. The largest absolute Gasteiger partial charge is 0.370 e. The first-order chi connectivity index (χ1) is 10.2. The Morgan fingerprint density at radius 1 is 1.39 bits per heavy atom. The van der Waals surface area contributed by atoms with Crippen LogP contribution in [0.4, 0.5) is 5.69 Å². The van der Waals surface area contributed by atoms with Crippen LogP contribution in [0.2, 0.25) is 0 Å². The van der Waals surface area contributed by atoms with Crippen molar-refractivity contribution in [3.8, 4) is 0 Å². The van der Waals surface area contributed by atoms with E-state index >= 15 is 0 Å². The molecule has 132 valence electrons. The van der Waals surface area contributed by atoms with Crippen molar-refractivity contribution in [2.45, 2.75) is 39.2 Å². The lowest BCUT2D eigenvalue weighted by Crippen LogP contribution is -2.37. The van der Waals surface area contributed by atoms with Crippen LogP contribution < -0.4 is 15.5 Å². The van der Waals surface area contributed by atoms with Gasteiger partial charge < -0.3 is 15.5 Å². The minimum atomic E-state index is 0. The van der Waals surface area contributed by atoms with Crippen molar-refractivity contribution in [3.63, 3.8) is 0 Å². The third kappa shape index (κ3) is 7.42. The molecule has 4 nitrogen and oxygen atoms in total. The van der Waals surface area contributed by atoms with E-state index in [4.69, 9.17) is 0 Å². The Bertz CT molecular complexity index is 465. The van der Waals surface area contributed by atoms with Crippen molar-refractivity contribution in [2.75, 3.05) is 31.1 Å². The van der Waals surface area contributed by atoms with Crippen molar-refractivity contribution in [3.05, 3.63) is 29.8 Å². The maximum absolute atomic E-state index is 11.9. The average molecular weight is 362 g/mol. The van der Waals surface area contributed by atoms with Crippen LogP contribution in [-0.2, 0) is 4.79 Å². The van der Waals surface area contributed by atoms with E-state index in [0.29, 0.717) is 19.0 Å². The second kappa shape index (κ2) is 11.5. The smallest absolute Gasteiger partial charge is 0.221 e. The molecule has 0 bridgehead atoms. The number of anilines is 1. The molecule has 0 radical (unpaired) electrons. The van der Waals surface area contributed by atoms with E-state index < -0.39 is 0 Å². The lowest BCUT2D eigenvalue weighted by Gasteiger charge is -2.23. The summed E-state index contributed by atoms with van der Waals surface area (Å²) in [5.41, 5.74) is 2.49. The van der Waals surface area contributed by atoms with Crippen LogP contribution in [0, 0.1) is 6.92 Å². The summed E-state index contributed by atoms with van der Waals surface area (Å²) in [6, 6.07) is 8.88. The quantitative estimate of drug-likeness (QED) is 0.784.